The minimum Gasteiger partial charge on any atom is -0.790 e. The molecule has 0 fully saturated rings. The Bertz CT molecular complexity index is 2000. The summed E-state index contributed by atoms with van der Waals surface area (Å²) in [5.41, 5.74) is 6.74. The van der Waals surface area contributed by atoms with E-state index in [1.807, 2.05) is 0 Å². The van der Waals surface area contributed by atoms with Crippen LogP contribution in [0.3, 0.4) is 0 Å². The maximum absolute atomic E-state index is 14.2. The van der Waals surface area contributed by atoms with Gasteiger partial charge in [0.2, 0.25) is 15.9 Å². The first-order valence-corrected chi connectivity index (χ1v) is 17.2. The molecule has 17 heteroatoms. The van der Waals surface area contributed by atoms with Crippen molar-refractivity contribution in [3.8, 4) is 0 Å². The normalized spacial score (nSPS) is 18.6. The second-order valence-electron chi connectivity index (χ2n) is 10.3. The molecule has 3 aromatic rings. The van der Waals surface area contributed by atoms with Crippen molar-refractivity contribution in [3.63, 3.8) is 0 Å². The number of sulfonamides is 1. The Balaban J connectivity index is 0.00000961. The molecule has 0 spiro atoms. The van der Waals surface area contributed by atoms with Gasteiger partial charge in [-0.15, -0.1) is 0 Å². The topological polar surface area (TPSA) is 203 Å². The number of nitrogens with zero attached hydrogens (tertiary/aromatic N) is 1. The first-order chi connectivity index (χ1) is 27.5. The maximum atomic E-state index is 14.2. The summed E-state index contributed by atoms with van der Waals surface area (Å²) in [6.07, 6.45) is -2.73. The van der Waals surface area contributed by atoms with E-state index in [0.717, 1.165) is 24.3 Å². The molecule has 0 saturated heterocycles. The zero-order valence-corrected chi connectivity index (χ0v) is 33.1. The standard InChI is InChI=1S/C33H45N4O9PS.2Na/c1-24(2)22-37(48(43,44)29-19-17-27(34)18-20-29)28(23-46-47(40,41)42)16-10-11-21-35-32(38)31(36-33(39)45-3)30(25-12-6-4-7-13-25)26-14-8-5-9-15-26;;/h4-9,12-15,17-20,24,28,30-31H,10-11,16,21-23,34H2,1-3H3,(H,35,38)(H,36,39)(H2,40,41,42);;/q;2*+1/p-2/t28-,31-;;/m0../s1/i1D3,2D3,3D3,22D,23D,24D;;/t22?,23?,28-,31-;;. The second-order valence-corrected chi connectivity index (χ2v) is 13.2. The summed E-state index contributed by atoms with van der Waals surface area (Å²) in [6.45, 7) is -14.0. The van der Waals surface area contributed by atoms with Crippen molar-refractivity contribution in [1.82, 2.24) is 14.9 Å². The fourth-order valence-electron chi connectivity index (χ4n) is 4.79. The third kappa shape index (κ3) is 14.7. The smallest absolute Gasteiger partial charge is 0.790 e. The monoisotopic (exact) mass is 760 g/mol. The molecule has 13 nitrogen and oxygen atoms in total. The number of unbranched alkanes of at least 4 members (excludes halogenated alkanes) is 1. The largest absolute Gasteiger partial charge is 1.00 e. The van der Waals surface area contributed by atoms with Crippen molar-refractivity contribution >= 4 is 35.5 Å². The molecule has 4 N–H and O–H groups in total. The number of rotatable bonds is 18. The van der Waals surface area contributed by atoms with Crippen LogP contribution in [0, 0.1) is 5.89 Å². The zero-order valence-electron chi connectivity index (χ0n) is 39.4. The fraction of sp³-hybridized carbons (Fsp3) is 0.394. The Labute approximate surface area is 355 Å². The molecule has 0 heterocycles. The van der Waals surface area contributed by atoms with Crippen LogP contribution in [0.1, 0.15) is 66.5 Å². The van der Waals surface area contributed by atoms with Crippen LogP contribution >= 0.6 is 7.82 Å². The number of nitrogen functional groups attached to an aromatic ring is 1. The van der Waals surface area contributed by atoms with E-state index in [0.29, 0.717) is 11.1 Å². The molecule has 262 valence electrons. The molecule has 0 saturated carbocycles. The van der Waals surface area contributed by atoms with Gasteiger partial charge in [-0.05, 0) is 54.1 Å². The van der Waals surface area contributed by atoms with E-state index < -0.39 is 98.9 Å². The molecule has 2 amide bonds. The van der Waals surface area contributed by atoms with Gasteiger partial charge in [-0.25, -0.2) is 13.2 Å². The summed E-state index contributed by atoms with van der Waals surface area (Å²) in [5.74, 6) is -5.75. The fourth-order valence-corrected chi connectivity index (χ4v) is 6.56. The Kier molecular flexibility index (Phi) is 13.2. The number of carbonyl (C=O) groups excluding carboxylic acids is 2. The summed E-state index contributed by atoms with van der Waals surface area (Å²) >= 11 is 0. The van der Waals surface area contributed by atoms with Crippen LogP contribution in [0.25, 0.3) is 0 Å². The van der Waals surface area contributed by atoms with Crippen LogP contribution in [-0.2, 0) is 28.6 Å². The SMILES string of the molecule is [2H]C(OP(=O)([O-])[O-])[C@H](CCCCNC(=O)[C@@H](NC(=O)OC([2H])([2H])[2H])C(c1ccccc1)c1ccccc1)N(C([2H])C([2H])(C([2H])([2H])[2H])C([2H])([2H])[2H])S(=O)(=O)c1ccc(N)cc1.[Na+].[Na+]. The Hall–Kier alpha value is -1.78. The minimum atomic E-state index is -6.13. The molecule has 3 rings (SSSR count). The third-order valence-electron chi connectivity index (χ3n) is 6.91. The molecular formula is C33H43N4Na2O9PS. The van der Waals surface area contributed by atoms with Crippen LogP contribution in [-0.4, -0.2) is 63.5 Å². The summed E-state index contributed by atoms with van der Waals surface area (Å²) in [6, 6.07) is 16.8. The van der Waals surface area contributed by atoms with Crippen LogP contribution in [0.15, 0.2) is 89.8 Å². The molecule has 0 aromatic heterocycles. The number of nitrogens with one attached hydrogen (secondary N) is 2. The van der Waals surface area contributed by atoms with Crippen molar-refractivity contribution in [2.24, 2.45) is 5.89 Å². The summed E-state index contributed by atoms with van der Waals surface area (Å²) < 4.78 is 144. The number of hydrogen-bond donors (Lipinski definition) is 3. The van der Waals surface area contributed by atoms with Gasteiger partial charge in [-0.1, -0.05) is 80.8 Å². The van der Waals surface area contributed by atoms with Gasteiger partial charge >= 0.3 is 65.2 Å². The predicted octanol–water partition coefficient (Wildman–Crippen LogP) is -3.02. The van der Waals surface area contributed by atoms with Crippen molar-refractivity contribution in [3.05, 3.63) is 96.1 Å². The molecule has 50 heavy (non-hydrogen) atoms. The van der Waals surface area contributed by atoms with Crippen molar-refractivity contribution < 1.29 is 117 Å². The number of methoxy groups -OCH3 is 1. The summed E-state index contributed by atoms with van der Waals surface area (Å²) in [4.78, 5) is 49.3. The number of nitrogens with two attached hydrogens (primary N) is 1. The van der Waals surface area contributed by atoms with Crippen molar-refractivity contribution in [1.29, 1.82) is 0 Å². The van der Waals surface area contributed by atoms with E-state index in [-0.39, 0.29) is 88.5 Å². The Morgan fingerprint density at radius 2 is 1.56 bits per heavy atom. The first-order valence-electron chi connectivity index (χ1n) is 20.5. The number of hydrogen-bond acceptors (Lipinski definition) is 10. The second kappa shape index (κ2) is 22.3. The summed E-state index contributed by atoms with van der Waals surface area (Å²) in [7, 11) is -14.7. The van der Waals surface area contributed by atoms with Gasteiger partial charge in [0.15, 0.2) is 0 Å². The molecule has 3 aromatic carbocycles. The minimum absolute atomic E-state index is 0. The van der Waals surface area contributed by atoms with Crippen molar-refractivity contribution in [2.45, 2.75) is 55.9 Å². The molecule has 2 unspecified atom stereocenters. The number of carbonyl (C=O) groups is 2. The number of anilines is 1. The number of ether oxygens (including phenoxy) is 1. The molecule has 0 bridgehead atoms. The number of alkyl carbamates (subject to hydrolysis) is 1. The van der Waals surface area contributed by atoms with Gasteiger partial charge in [-0.2, -0.15) is 4.31 Å². The van der Waals surface area contributed by atoms with E-state index in [9.17, 15) is 32.4 Å². The summed E-state index contributed by atoms with van der Waals surface area (Å²) in [5, 5.41) is 4.85. The maximum Gasteiger partial charge on any atom is 1.00 e. The van der Waals surface area contributed by atoms with Gasteiger partial charge in [0.25, 0.3) is 0 Å². The van der Waals surface area contributed by atoms with E-state index in [1.54, 1.807) is 60.7 Å². The van der Waals surface area contributed by atoms with Crippen LogP contribution < -0.4 is 85.3 Å². The Morgan fingerprint density at radius 3 is 2.08 bits per heavy atom. The molecule has 0 aliphatic heterocycles. The molecule has 0 radical (unpaired) electrons. The number of benzene rings is 3. The van der Waals surface area contributed by atoms with Crippen LogP contribution in [0.5, 0.6) is 0 Å². The quantitative estimate of drug-likeness (QED) is 0.0519. The van der Waals surface area contributed by atoms with Gasteiger partial charge in [-0.3, -0.25) is 4.79 Å². The van der Waals surface area contributed by atoms with Crippen LogP contribution in [0.2, 0.25) is 0 Å². The number of amides is 2. The number of phosphoric acid groups is 1. The van der Waals surface area contributed by atoms with Crippen LogP contribution in [0.4, 0.5) is 10.5 Å². The van der Waals surface area contributed by atoms with Gasteiger partial charge in [0.1, 0.15) is 6.04 Å². The van der Waals surface area contributed by atoms with Gasteiger partial charge in [0, 0.05) is 41.7 Å². The predicted molar refractivity (Wildman–Crippen MR) is 178 cm³/mol. The third-order valence-corrected chi connectivity index (χ3v) is 9.09. The molecule has 4 atom stereocenters. The first kappa shape index (κ1) is 29.6. The van der Waals surface area contributed by atoms with E-state index in [4.69, 9.17) is 22.2 Å². The molecule has 0 aliphatic carbocycles. The van der Waals surface area contributed by atoms with E-state index in [1.165, 1.54) is 0 Å². The van der Waals surface area contributed by atoms with Gasteiger partial charge in [0.05, 0.1) is 31.8 Å². The van der Waals surface area contributed by atoms with Gasteiger partial charge < -0.3 is 40.0 Å². The average Bonchev–Trinajstić information content (AvgIpc) is 3.12. The molecular weight excluding hydrogens is 705 g/mol. The average molecular weight is 761 g/mol. The van der Waals surface area contributed by atoms with E-state index >= 15 is 0 Å². The van der Waals surface area contributed by atoms with Crippen molar-refractivity contribution in [2.75, 3.05) is 32.4 Å². The number of phosphoric ester groups is 1. The Morgan fingerprint density at radius 1 is 0.980 bits per heavy atom. The van der Waals surface area contributed by atoms with E-state index in [2.05, 4.69) is 19.9 Å². The zero-order chi connectivity index (χ0) is 45.5. The molecule has 0 aliphatic rings.